The van der Waals surface area contributed by atoms with Gasteiger partial charge in [0.15, 0.2) is 5.65 Å². The minimum absolute atomic E-state index is 0.912. The van der Waals surface area contributed by atoms with E-state index in [1.165, 1.54) is 5.56 Å². The summed E-state index contributed by atoms with van der Waals surface area (Å²) in [5.74, 6) is 0. The topological polar surface area (TPSA) is 43.1 Å². The summed E-state index contributed by atoms with van der Waals surface area (Å²) < 4.78 is 1.84. The molecule has 0 spiro atoms. The molecule has 3 rings (SSSR count). The number of hydrogen-bond donors (Lipinski definition) is 0. The zero-order valence-electron chi connectivity index (χ0n) is 10.2. The Kier molecular flexibility index (Phi) is 2.76. The summed E-state index contributed by atoms with van der Waals surface area (Å²) in [5.41, 5.74) is 4.06. The fourth-order valence-electron chi connectivity index (χ4n) is 2.06. The first-order chi connectivity index (χ1) is 8.90. The number of nitrogens with zero attached hydrogens (tertiary/aromatic N) is 4. The first kappa shape index (κ1) is 10.9. The molecule has 89 valence electrons. The molecule has 0 bridgehead atoms. The Morgan fingerprint density at radius 3 is 3.06 bits per heavy atom. The monoisotopic (exact) mass is 237 g/mol. The van der Waals surface area contributed by atoms with Gasteiger partial charge in [0.2, 0.25) is 0 Å². The molecule has 18 heavy (non-hydrogen) atoms. The van der Waals surface area contributed by atoms with Gasteiger partial charge in [-0.1, -0.05) is 13.3 Å². The van der Waals surface area contributed by atoms with Crippen LogP contribution >= 0.6 is 0 Å². The number of aryl methyl sites for hydroxylation is 1. The van der Waals surface area contributed by atoms with Gasteiger partial charge in [0.05, 0.1) is 11.9 Å². The van der Waals surface area contributed by atoms with Gasteiger partial charge in [-0.15, -0.1) is 0 Å². The van der Waals surface area contributed by atoms with Crippen molar-refractivity contribution in [3.05, 3.63) is 48.5 Å². The van der Waals surface area contributed by atoms with E-state index in [1.54, 1.807) is 6.20 Å². The summed E-state index contributed by atoms with van der Waals surface area (Å²) in [6.07, 6.45) is 10.4. The average Bonchev–Trinajstić information content (AvgIpc) is 2.85. The molecule has 0 aliphatic heterocycles. The Morgan fingerprint density at radius 2 is 2.28 bits per heavy atom. The molecule has 3 aromatic rings. The molecule has 3 aromatic heterocycles. The van der Waals surface area contributed by atoms with Gasteiger partial charge < -0.3 is 0 Å². The molecule has 4 heteroatoms. The minimum Gasteiger partial charge on any atom is -0.264 e. The van der Waals surface area contributed by atoms with Gasteiger partial charge in [0.1, 0.15) is 6.20 Å². The van der Waals surface area contributed by atoms with Crippen molar-refractivity contribution < 1.29 is 0 Å². The Labute approximate surface area is 105 Å². The van der Waals surface area contributed by atoms with Crippen molar-refractivity contribution >= 4 is 5.65 Å². The van der Waals surface area contributed by atoms with Crippen molar-refractivity contribution in [2.24, 2.45) is 0 Å². The van der Waals surface area contributed by atoms with E-state index in [4.69, 9.17) is 0 Å². The molecule has 0 aliphatic carbocycles. The first-order valence-electron chi connectivity index (χ1n) is 6.04. The summed E-state index contributed by atoms with van der Waals surface area (Å²) in [6.45, 7) is 2.15. The molecule has 1 radical (unpaired) electrons. The van der Waals surface area contributed by atoms with E-state index in [1.807, 2.05) is 35.1 Å². The second kappa shape index (κ2) is 4.56. The van der Waals surface area contributed by atoms with Crippen LogP contribution in [0.2, 0.25) is 0 Å². The van der Waals surface area contributed by atoms with E-state index in [2.05, 4.69) is 28.2 Å². The number of rotatable bonds is 3. The summed E-state index contributed by atoms with van der Waals surface area (Å²) >= 11 is 0. The standard InChI is InChI=1S/C14H13N4/c1-2-4-11-6-8-17-18-13(10-16-14(11)18)12-5-3-7-15-9-12/h3,5-7,9-10H,2,4H2,1H3. The normalized spacial score (nSPS) is 10.9. The lowest BCUT2D eigenvalue weighted by atomic mass is 10.2. The predicted octanol–water partition coefficient (Wildman–Crippen LogP) is 2.54. The van der Waals surface area contributed by atoms with Crippen LogP contribution in [0, 0.1) is 6.20 Å². The van der Waals surface area contributed by atoms with Crippen LogP contribution in [-0.4, -0.2) is 19.6 Å². The van der Waals surface area contributed by atoms with E-state index >= 15 is 0 Å². The van der Waals surface area contributed by atoms with E-state index in [9.17, 15) is 0 Å². The predicted molar refractivity (Wildman–Crippen MR) is 69.0 cm³/mol. The molecule has 4 nitrogen and oxygen atoms in total. The highest BCUT2D eigenvalue weighted by atomic mass is 15.3. The van der Waals surface area contributed by atoms with Crippen molar-refractivity contribution in [2.75, 3.05) is 0 Å². The van der Waals surface area contributed by atoms with E-state index in [0.29, 0.717) is 0 Å². The van der Waals surface area contributed by atoms with Gasteiger partial charge in [-0.2, -0.15) is 5.10 Å². The highest BCUT2D eigenvalue weighted by Gasteiger charge is 2.09. The summed E-state index contributed by atoms with van der Waals surface area (Å²) in [4.78, 5) is 8.59. The van der Waals surface area contributed by atoms with Crippen LogP contribution in [0.25, 0.3) is 16.9 Å². The third-order valence-corrected chi connectivity index (χ3v) is 2.90. The largest absolute Gasteiger partial charge is 0.264 e. The van der Waals surface area contributed by atoms with Crippen molar-refractivity contribution in [3.63, 3.8) is 0 Å². The maximum absolute atomic E-state index is 4.47. The highest BCUT2D eigenvalue weighted by molar-refractivity contribution is 5.63. The molecule has 0 saturated carbocycles. The third-order valence-electron chi connectivity index (χ3n) is 2.90. The van der Waals surface area contributed by atoms with Crippen molar-refractivity contribution in [3.8, 4) is 11.3 Å². The number of pyridine rings is 1. The second-order valence-corrected chi connectivity index (χ2v) is 4.17. The molecule has 0 atom stereocenters. The van der Waals surface area contributed by atoms with E-state index in [-0.39, 0.29) is 0 Å². The van der Waals surface area contributed by atoms with Crippen molar-refractivity contribution in [2.45, 2.75) is 19.8 Å². The van der Waals surface area contributed by atoms with Gasteiger partial charge >= 0.3 is 0 Å². The van der Waals surface area contributed by atoms with Gasteiger partial charge in [0, 0.05) is 18.0 Å². The lowest BCUT2D eigenvalue weighted by molar-refractivity contribution is 0.875. The average molecular weight is 237 g/mol. The number of imidazole rings is 1. The van der Waals surface area contributed by atoms with E-state index in [0.717, 1.165) is 29.7 Å². The minimum atomic E-state index is 0.912. The van der Waals surface area contributed by atoms with Gasteiger partial charge in [-0.25, -0.2) is 9.50 Å². The Bertz CT molecular complexity index is 658. The number of aromatic nitrogens is 4. The first-order valence-corrected chi connectivity index (χ1v) is 6.04. The smallest absolute Gasteiger partial charge is 0.157 e. The third kappa shape index (κ3) is 1.76. The van der Waals surface area contributed by atoms with Crippen LogP contribution in [0.15, 0.2) is 36.8 Å². The number of hydrogen-bond acceptors (Lipinski definition) is 3. The van der Waals surface area contributed by atoms with Crippen molar-refractivity contribution in [1.82, 2.24) is 19.6 Å². The van der Waals surface area contributed by atoms with Crippen LogP contribution in [0.1, 0.15) is 18.9 Å². The van der Waals surface area contributed by atoms with Crippen LogP contribution in [0.3, 0.4) is 0 Å². The van der Waals surface area contributed by atoms with Gasteiger partial charge in [-0.05, 0) is 30.2 Å². The lowest BCUT2D eigenvalue weighted by Gasteiger charge is -2.02. The van der Waals surface area contributed by atoms with E-state index < -0.39 is 0 Å². The van der Waals surface area contributed by atoms with Crippen LogP contribution in [0.5, 0.6) is 0 Å². The highest BCUT2D eigenvalue weighted by Crippen LogP contribution is 2.20. The Morgan fingerprint density at radius 1 is 1.33 bits per heavy atom. The fourth-order valence-corrected chi connectivity index (χ4v) is 2.06. The Balaban J connectivity index is 2.18. The molecule has 0 N–H and O–H groups in total. The van der Waals surface area contributed by atoms with Gasteiger partial charge in [0.25, 0.3) is 0 Å². The maximum atomic E-state index is 4.47. The van der Waals surface area contributed by atoms with Crippen molar-refractivity contribution in [1.29, 1.82) is 0 Å². The zero-order chi connectivity index (χ0) is 12.4. The quantitative estimate of drug-likeness (QED) is 0.703. The second-order valence-electron chi connectivity index (χ2n) is 4.17. The summed E-state index contributed by atoms with van der Waals surface area (Å²) in [7, 11) is 0. The molecule has 3 heterocycles. The molecule has 0 unspecified atom stereocenters. The molecule has 0 aromatic carbocycles. The lowest BCUT2D eigenvalue weighted by Crippen LogP contribution is -1.98. The molecular formula is C14H13N4. The fraction of sp³-hybridized carbons (Fsp3) is 0.214. The molecular weight excluding hydrogens is 224 g/mol. The zero-order valence-corrected chi connectivity index (χ0v) is 10.2. The van der Waals surface area contributed by atoms with Crippen LogP contribution < -0.4 is 0 Å². The van der Waals surface area contributed by atoms with Gasteiger partial charge in [-0.3, -0.25) is 4.98 Å². The van der Waals surface area contributed by atoms with Crippen LogP contribution in [-0.2, 0) is 6.42 Å². The molecule has 0 saturated heterocycles. The number of fused-ring (bicyclic) bond motifs is 1. The molecule has 0 aliphatic rings. The summed E-state index contributed by atoms with van der Waals surface area (Å²) in [6, 6.07) is 5.83. The summed E-state index contributed by atoms with van der Waals surface area (Å²) in [5, 5.41) is 4.26. The Hall–Kier alpha value is -2.23. The molecule has 0 amide bonds. The SMILES string of the molecule is CCCc1c[c]nn2c(-c3cccnc3)cnc12. The maximum Gasteiger partial charge on any atom is 0.157 e. The molecule has 0 fully saturated rings. The van der Waals surface area contributed by atoms with Crippen LogP contribution in [0.4, 0.5) is 0 Å².